The van der Waals surface area contributed by atoms with Crippen LogP contribution in [0.25, 0.3) is 0 Å². The molecule has 3 rings (SSSR count). The molecule has 0 saturated heterocycles. The highest BCUT2D eigenvalue weighted by Crippen LogP contribution is 2.33. The van der Waals surface area contributed by atoms with Crippen molar-refractivity contribution in [3.8, 4) is 23.0 Å². The molecule has 45 heavy (non-hydrogen) atoms. The summed E-state index contributed by atoms with van der Waals surface area (Å²) in [6.45, 7) is 5.99. The molecule has 0 aromatic heterocycles. The molecule has 1 atom stereocenters. The number of hydrogen-bond acceptors (Lipinski definition) is 8. The van der Waals surface area contributed by atoms with Gasteiger partial charge in [0.1, 0.15) is 24.1 Å². The van der Waals surface area contributed by atoms with Gasteiger partial charge in [-0.2, -0.15) is 0 Å². The SMILES string of the molecule is CCCNC(=O)[C@@H](CC)N(Cc1ccc(OC)cc1)C(=O)CN(c1ccc(OCC)cc1)S(=O)(=O)c1ccc(OC)c(OC)c1. The van der Waals surface area contributed by atoms with Gasteiger partial charge in [-0.15, -0.1) is 0 Å². The molecule has 0 aliphatic carbocycles. The Morgan fingerprint density at radius 3 is 2.02 bits per heavy atom. The zero-order valence-corrected chi connectivity index (χ0v) is 27.6. The number of rotatable bonds is 17. The zero-order chi connectivity index (χ0) is 33.0. The molecule has 12 heteroatoms. The van der Waals surface area contributed by atoms with Crippen LogP contribution >= 0.6 is 0 Å². The van der Waals surface area contributed by atoms with Gasteiger partial charge in [0.2, 0.25) is 11.8 Å². The maximum Gasteiger partial charge on any atom is 0.264 e. The Kier molecular flexibility index (Phi) is 12.9. The van der Waals surface area contributed by atoms with Crippen LogP contribution < -0.4 is 28.6 Å². The van der Waals surface area contributed by atoms with E-state index in [2.05, 4.69) is 5.32 Å². The lowest BCUT2D eigenvalue weighted by Crippen LogP contribution is -2.52. The fourth-order valence-corrected chi connectivity index (χ4v) is 6.15. The minimum Gasteiger partial charge on any atom is -0.497 e. The maximum atomic E-state index is 14.2. The second-order valence-electron chi connectivity index (χ2n) is 10.0. The van der Waals surface area contributed by atoms with Gasteiger partial charge in [-0.25, -0.2) is 8.42 Å². The van der Waals surface area contributed by atoms with E-state index in [1.807, 2.05) is 20.8 Å². The molecule has 11 nitrogen and oxygen atoms in total. The number of benzene rings is 3. The fraction of sp³-hybridized carbons (Fsp3) is 0.394. The summed E-state index contributed by atoms with van der Waals surface area (Å²) in [4.78, 5) is 28.9. The number of nitrogens with zero attached hydrogens (tertiary/aromatic N) is 2. The van der Waals surface area contributed by atoms with Crippen molar-refractivity contribution in [3.63, 3.8) is 0 Å². The molecule has 244 valence electrons. The van der Waals surface area contributed by atoms with Crippen molar-refractivity contribution in [2.75, 3.05) is 45.3 Å². The highest BCUT2D eigenvalue weighted by molar-refractivity contribution is 7.92. The normalized spacial score (nSPS) is 11.7. The Morgan fingerprint density at radius 2 is 1.47 bits per heavy atom. The third-order valence-electron chi connectivity index (χ3n) is 7.10. The van der Waals surface area contributed by atoms with Crippen molar-refractivity contribution in [2.45, 2.75) is 51.1 Å². The predicted molar refractivity (Wildman–Crippen MR) is 173 cm³/mol. The minimum atomic E-state index is -4.32. The molecule has 3 aromatic carbocycles. The Balaban J connectivity index is 2.10. The van der Waals surface area contributed by atoms with Gasteiger partial charge in [0, 0.05) is 19.2 Å². The number of anilines is 1. The first-order chi connectivity index (χ1) is 21.6. The molecule has 0 unspecified atom stereocenters. The van der Waals surface area contributed by atoms with Crippen LogP contribution in [0.15, 0.2) is 71.6 Å². The van der Waals surface area contributed by atoms with Gasteiger partial charge in [0.05, 0.1) is 38.5 Å². The largest absolute Gasteiger partial charge is 0.497 e. The number of hydrogen-bond donors (Lipinski definition) is 1. The van der Waals surface area contributed by atoms with Gasteiger partial charge in [0.15, 0.2) is 11.5 Å². The van der Waals surface area contributed by atoms with Crippen LogP contribution in [0.2, 0.25) is 0 Å². The number of nitrogens with one attached hydrogen (secondary N) is 1. The topological polar surface area (TPSA) is 124 Å². The summed E-state index contributed by atoms with van der Waals surface area (Å²) in [6.07, 6.45) is 1.05. The van der Waals surface area contributed by atoms with Crippen molar-refractivity contribution in [2.24, 2.45) is 0 Å². The van der Waals surface area contributed by atoms with Crippen LogP contribution in [0.4, 0.5) is 5.69 Å². The molecule has 1 N–H and O–H groups in total. The van der Waals surface area contributed by atoms with Crippen LogP contribution in [0.1, 0.15) is 39.2 Å². The van der Waals surface area contributed by atoms with Crippen LogP contribution in [0.5, 0.6) is 23.0 Å². The van der Waals surface area contributed by atoms with Crippen LogP contribution in [0, 0.1) is 0 Å². The number of methoxy groups -OCH3 is 3. The number of amides is 2. The van der Waals surface area contributed by atoms with E-state index in [1.54, 1.807) is 55.6 Å². The fourth-order valence-electron chi connectivity index (χ4n) is 4.72. The van der Waals surface area contributed by atoms with Gasteiger partial charge in [0.25, 0.3) is 10.0 Å². The third kappa shape index (κ3) is 8.81. The molecule has 0 saturated carbocycles. The average molecular weight is 642 g/mol. The maximum absolute atomic E-state index is 14.2. The summed E-state index contributed by atoms with van der Waals surface area (Å²) in [5.74, 6) is 0.910. The molecular weight excluding hydrogens is 598 g/mol. The first-order valence-corrected chi connectivity index (χ1v) is 16.2. The first kappa shape index (κ1) is 35.0. The van der Waals surface area contributed by atoms with E-state index >= 15 is 0 Å². The van der Waals surface area contributed by atoms with E-state index in [4.69, 9.17) is 18.9 Å². The summed E-state index contributed by atoms with van der Waals surface area (Å²) >= 11 is 0. The Bertz CT molecular complexity index is 1510. The highest BCUT2D eigenvalue weighted by Gasteiger charge is 2.34. The van der Waals surface area contributed by atoms with Gasteiger partial charge in [-0.1, -0.05) is 26.0 Å². The minimum absolute atomic E-state index is 0.0778. The Morgan fingerprint density at radius 1 is 0.822 bits per heavy atom. The van der Waals surface area contributed by atoms with E-state index in [0.29, 0.717) is 36.8 Å². The van der Waals surface area contributed by atoms with E-state index in [9.17, 15) is 18.0 Å². The van der Waals surface area contributed by atoms with Gasteiger partial charge in [-0.05, 0) is 73.9 Å². The van der Waals surface area contributed by atoms with Crippen molar-refractivity contribution in [3.05, 3.63) is 72.3 Å². The van der Waals surface area contributed by atoms with Crippen LogP contribution in [-0.2, 0) is 26.2 Å². The molecule has 0 fully saturated rings. The molecule has 0 heterocycles. The average Bonchev–Trinajstić information content (AvgIpc) is 3.06. The lowest BCUT2D eigenvalue weighted by Gasteiger charge is -2.33. The lowest BCUT2D eigenvalue weighted by atomic mass is 10.1. The Hall–Kier alpha value is -4.45. The first-order valence-electron chi connectivity index (χ1n) is 14.8. The highest BCUT2D eigenvalue weighted by atomic mass is 32.2. The second kappa shape index (κ2) is 16.6. The van der Waals surface area contributed by atoms with E-state index in [1.165, 1.54) is 37.3 Å². The van der Waals surface area contributed by atoms with E-state index < -0.39 is 28.5 Å². The third-order valence-corrected chi connectivity index (χ3v) is 8.87. The number of carbonyl (C=O) groups is 2. The predicted octanol–water partition coefficient (Wildman–Crippen LogP) is 4.64. The van der Waals surface area contributed by atoms with Gasteiger partial charge < -0.3 is 29.2 Å². The number of ether oxygens (including phenoxy) is 4. The summed E-state index contributed by atoms with van der Waals surface area (Å²) in [5, 5.41) is 2.88. The molecule has 3 aromatic rings. The number of carbonyl (C=O) groups excluding carboxylic acids is 2. The van der Waals surface area contributed by atoms with Crippen LogP contribution in [-0.4, -0.2) is 72.2 Å². The molecule has 0 spiro atoms. The molecule has 2 amide bonds. The van der Waals surface area contributed by atoms with Crippen molar-refractivity contribution in [1.82, 2.24) is 10.2 Å². The molecule has 0 bridgehead atoms. The summed E-state index contributed by atoms with van der Waals surface area (Å²) in [6, 6.07) is 17.0. The summed E-state index contributed by atoms with van der Waals surface area (Å²) in [5.41, 5.74) is 0.996. The summed E-state index contributed by atoms with van der Waals surface area (Å²) in [7, 11) is 0.102. The van der Waals surface area contributed by atoms with Gasteiger partial charge >= 0.3 is 0 Å². The van der Waals surface area contributed by atoms with E-state index in [0.717, 1.165) is 16.3 Å². The van der Waals surface area contributed by atoms with Crippen molar-refractivity contribution >= 4 is 27.5 Å². The Labute approximate surface area is 266 Å². The summed E-state index contributed by atoms with van der Waals surface area (Å²) < 4.78 is 51.0. The lowest BCUT2D eigenvalue weighted by molar-refractivity contribution is -0.140. The van der Waals surface area contributed by atoms with Crippen molar-refractivity contribution < 1.29 is 37.0 Å². The number of sulfonamides is 1. The van der Waals surface area contributed by atoms with Crippen LogP contribution in [0.3, 0.4) is 0 Å². The second-order valence-corrected chi connectivity index (χ2v) is 11.9. The van der Waals surface area contributed by atoms with Gasteiger partial charge in [-0.3, -0.25) is 13.9 Å². The molecule has 0 radical (unpaired) electrons. The van der Waals surface area contributed by atoms with E-state index in [-0.39, 0.29) is 28.8 Å². The molecule has 0 aliphatic rings. The quantitative estimate of drug-likeness (QED) is 0.226. The van der Waals surface area contributed by atoms with Crippen molar-refractivity contribution in [1.29, 1.82) is 0 Å². The molecule has 0 aliphatic heterocycles. The zero-order valence-electron chi connectivity index (χ0n) is 26.7. The smallest absolute Gasteiger partial charge is 0.264 e. The molecular formula is C33H43N3O8S. The monoisotopic (exact) mass is 641 g/mol. The standard InChI is InChI=1S/C33H43N3O8S/c1-7-20-34-33(38)29(8-2)35(22-24-10-14-26(41-4)15-11-24)32(37)23-36(25-12-16-27(17-13-25)44-9-3)45(39,40)28-18-19-30(42-5)31(21-28)43-6/h10-19,21,29H,7-9,20,22-23H2,1-6H3,(H,34,38)/t29-/m1/s1.